The molecule has 0 N–H and O–H groups in total. The smallest absolute Gasteiger partial charge is 0.226 e. The molecule has 1 aliphatic carbocycles. The Morgan fingerprint density at radius 3 is 2.56 bits per heavy atom. The van der Waals surface area contributed by atoms with E-state index in [-0.39, 0.29) is 17.6 Å². The molecule has 0 unspecified atom stereocenters. The fourth-order valence-corrected chi connectivity index (χ4v) is 3.61. The summed E-state index contributed by atoms with van der Waals surface area (Å²) < 4.78 is 16.8. The van der Waals surface area contributed by atoms with Gasteiger partial charge in [0.05, 0.1) is 12.9 Å². The highest BCUT2D eigenvalue weighted by molar-refractivity contribution is 6.30. The molecule has 8 heteroatoms. The normalized spacial score (nSPS) is 15.2. The van der Waals surface area contributed by atoms with Gasteiger partial charge in [0, 0.05) is 11.1 Å². The third-order valence-corrected chi connectivity index (χ3v) is 4.98. The molecule has 130 valence electrons. The van der Waals surface area contributed by atoms with Crippen molar-refractivity contribution in [2.75, 3.05) is 5.12 Å². The van der Waals surface area contributed by atoms with E-state index in [1.165, 1.54) is 12.8 Å². The van der Waals surface area contributed by atoms with Crippen molar-refractivity contribution in [3.63, 3.8) is 0 Å². The largest absolute Gasteiger partial charge is 0.312 e. The van der Waals surface area contributed by atoms with E-state index >= 15 is 0 Å². The molecular formula is C17H16Cl2FN5. The Bertz CT molecular complexity index is 890. The average Bonchev–Trinajstić information content (AvgIpc) is 3.25. The van der Waals surface area contributed by atoms with Crippen LogP contribution in [0.3, 0.4) is 0 Å². The van der Waals surface area contributed by atoms with Gasteiger partial charge in [-0.3, -0.25) is 0 Å². The van der Waals surface area contributed by atoms with Crippen LogP contribution in [0, 0.1) is 0 Å². The zero-order chi connectivity index (χ0) is 17.4. The summed E-state index contributed by atoms with van der Waals surface area (Å²) in [5.41, 5.74) is 1.78. The van der Waals surface area contributed by atoms with E-state index in [2.05, 4.69) is 15.0 Å². The van der Waals surface area contributed by atoms with Gasteiger partial charge in [-0.1, -0.05) is 41.1 Å². The Hall–Kier alpha value is -1.92. The van der Waals surface area contributed by atoms with Gasteiger partial charge in [0.15, 0.2) is 17.0 Å². The molecule has 4 rings (SSSR count). The predicted molar refractivity (Wildman–Crippen MR) is 96.6 cm³/mol. The lowest BCUT2D eigenvalue weighted by molar-refractivity contribution is 0.425. The topological polar surface area (TPSA) is 46.8 Å². The van der Waals surface area contributed by atoms with Crippen LogP contribution in [0.1, 0.15) is 37.3 Å². The van der Waals surface area contributed by atoms with Crippen molar-refractivity contribution in [1.82, 2.24) is 19.5 Å². The van der Waals surface area contributed by atoms with Crippen LogP contribution < -0.4 is 5.12 Å². The molecule has 0 amide bonds. The first-order chi connectivity index (χ1) is 12.1. The average molecular weight is 380 g/mol. The Morgan fingerprint density at radius 2 is 1.84 bits per heavy atom. The molecule has 1 aliphatic rings. The number of imidazole rings is 1. The van der Waals surface area contributed by atoms with E-state index in [0.717, 1.165) is 18.4 Å². The highest BCUT2D eigenvalue weighted by Crippen LogP contribution is 2.34. The van der Waals surface area contributed by atoms with Crippen molar-refractivity contribution in [3.05, 3.63) is 46.5 Å². The first kappa shape index (κ1) is 16.5. The number of rotatable bonds is 4. The lowest BCUT2D eigenvalue weighted by atomic mass is 10.2. The molecule has 2 heterocycles. The van der Waals surface area contributed by atoms with Gasteiger partial charge in [0.25, 0.3) is 0 Å². The third-order valence-electron chi connectivity index (χ3n) is 4.56. The molecule has 0 bridgehead atoms. The van der Waals surface area contributed by atoms with Crippen LogP contribution in [0.5, 0.6) is 0 Å². The highest BCUT2D eigenvalue weighted by Gasteiger charge is 2.23. The van der Waals surface area contributed by atoms with Crippen LogP contribution in [0.4, 0.5) is 10.3 Å². The van der Waals surface area contributed by atoms with Crippen LogP contribution >= 0.6 is 23.2 Å². The molecule has 5 nitrogen and oxygen atoms in total. The van der Waals surface area contributed by atoms with E-state index in [1.807, 2.05) is 4.57 Å². The summed E-state index contributed by atoms with van der Waals surface area (Å²) in [5.74, 6) is 0.0849. The fourth-order valence-electron chi connectivity index (χ4n) is 3.32. The summed E-state index contributed by atoms with van der Waals surface area (Å²) in [6.07, 6.45) is 6.23. The Labute approximate surface area is 154 Å². The van der Waals surface area contributed by atoms with Crippen molar-refractivity contribution >= 4 is 40.2 Å². The predicted octanol–water partition coefficient (Wildman–Crippen LogP) is 5.14. The molecule has 0 radical (unpaired) electrons. The summed E-state index contributed by atoms with van der Waals surface area (Å²) in [7, 11) is 0. The number of benzene rings is 1. The standard InChI is InChI=1S/C17H16Cl2FN5/c18-12-7-5-11(6-8-12)9-25(20)16-14-15(22-17(19)23-16)24(10-21-14)13-3-1-2-4-13/h5-8,10,13H,1-4,9H2. The first-order valence-corrected chi connectivity index (χ1v) is 8.95. The molecule has 1 fully saturated rings. The number of fused-ring (bicyclic) bond motifs is 1. The van der Waals surface area contributed by atoms with Gasteiger partial charge in [0.2, 0.25) is 5.28 Å². The molecule has 0 atom stereocenters. The minimum absolute atomic E-state index is 0.0148. The van der Waals surface area contributed by atoms with Gasteiger partial charge in [0.1, 0.15) is 0 Å². The Kier molecular flexibility index (Phi) is 4.48. The third kappa shape index (κ3) is 3.28. The zero-order valence-electron chi connectivity index (χ0n) is 13.4. The number of hydrogen-bond donors (Lipinski definition) is 0. The van der Waals surface area contributed by atoms with Crippen molar-refractivity contribution < 1.29 is 4.48 Å². The first-order valence-electron chi connectivity index (χ1n) is 8.19. The van der Waals surface area contributed by atoms with Gasteiger partial charge >= 0.3 is 0 Å². The number of nitrogens with zero attached hydrogens (tertiary/aromatic N) is 5. The quantitative estimate of drug-likeness (QED) is 0.465. The summed E-state index contributed by atoms with van der Waals surface area (Å²) in [5, 5.41) is 1.17. The molecule has 25 heavy (non-hydrogen) atoms. The minimum atomic E-state index is 0.0148. The Morgan fingerprint density at radius 1 is 1.12 bits per heavy atom. The molecular weight excluding hydrogens is 364 g/mol. The summed E-state index contributed by atoms with van der Waals surface area (Å²) in [4.78, 5) is 12.7. The SMILES string of the molecule is FN(Cc1ccc(Cl)cc1)c1nc(Cl)nc2c1ncn2C1CCCC1. The molecule has 3 aromatic rings. The van der Waals surface area contributed by atoms with Crippen LogP contribution in [-0.4, -0.2) is 19.5 Å². The maximum absolute atomic E-state index is 14.8. The van der Waals surface area contributed by atoms with Crippen LogP contribution in [0.2, 0.25) is 10.3 Å². The van der Waals surface area contributed by atoms with Crippen molar-refractivity contribution in [3.8, 4) is 0 Å². The number of aromatic nitrogens is 4. The van der Waals surface area contributed by atoms with Crippen LogP contribution in [-0.2, 0) is 6.54 Å². The van der Waals surface area contributed by atoms with Gasteiger partial charge in [-0.15, -0.1) is 0 Å². The summed E-state index contributed by atoms with van der Waals surface area (Å²) in [6, 6.07) is 7.33. The van der Waals surface area contributed by atoms with E-state index in [0.29, 0.717) is 27.4 Å². The van der Waals surface area contributed by atoms with E-state index in [9.17, 15) is 4.48 Å². The summed E-state index contributed by atoms with van der Waals surface area (Å²) >= 11 is 11.9. The summed E-state index contributed by atoms with van der Waals surface area (Å²) in [6.45, 7) is 0.0237. The second-order valence-corrected chi connectivity index (χ2v) is 7.00. The van der Waals surface area contributed by atoms with Gasteiger partial charge < -0.3 is 4.57 Å². The van der Waals surface area contributed by atoms with E-state index in [1.54, 1.807) is 30.6 Å². The molecule has 0 aliphatic heterocycles. The number of halogens is 3. The number of anilines is 1. The van der Waals surface area contributed by atoms with Crippen LogP contribution in [0.15, 0.2) is 30.6 Å². The molecule has 0 spiro atoms. The maximum atomic E-state index is 14.8. The second-order valence-electron chi connectivity index (χ2n) is 6.23. The maximum Gasteiger partial charge on any atom is 0.226 e. The zero-order valence-corrected chi connectivity index (χ0v) is 14.9. The van der Waals surface area contributed by atoms with Gasteiger partial charge in [-0.2, -0.15) is 15.1 Å². The minimum Gasteiger partial charge on any atom is -0.312 e. The lowest BCUT2D eigenvalue weighted by Crippen LogP contribution is -2.14. The molecule has 1 saturated carbocycles. The fraction of sp³-hybridized carbons (Fsp3) is 0.353. The number of hydrogen-bond acceptors (Lipinski definition) is 4. The van der Waals surface area contributed by atoms with Crippen molar-refractivity contribution in [2.24, 2.45) is 0 Å². The molecule has 1 aromatic carbocycles. The van der Waals surface area contributed by atoms with E-state index < -0.39 is 0 Å². The highest BCUT2D eigenvalue weighted by atomic mass is 35.5. The molecule has 0 saturated heterocycles. The molecule has 2 aromatic heterocycles. The monoisotopic (exact) mass is 379 g/mol. The van der Waals surface area contributed by atoms with Gasteiger partial charge in [-0.25, -0.2) is 4.98 Å². The lowest BCUT2D eigenvalue weighted by Gasteiger charge is -2.15. The van der Waals surface area contributed by atoms with Gasteiger partial charge in [-0.05, 0) is 42.1 Å². The van der Waals surface area contributed by atoms with Crippen molar-refractivity contribution in [1.29, 1.82) is 0 Å². The second kappa shape index (κ2) is 6.77. The van der Waals surface area contributed by atoms with Crippen LogP contribution in [0.25, 0.3) is 11.2 Å². The van der Waals surface area contributed by atoms with Crippen molar-refractivity contribution in [2.45, 2.75) is 38.3 Å². The van der Waals surface area contributed by atoms with E-state index in [4.69, 9.17) is 23.2 Å². The Balaban J connectivity index is 1.69.